The first kappa shape index (κ1) is 13.1. The van der Waals surface area contributed by atoms with Crippen LogP contribution >= 0.6 is 0 Å². The second kappa shape index (κ2) is 5.54. The molecule has 1 fully saturated rings. The highest BCUT2D eigenvalue weighted by Gasteiger charge is 2.28. The van der Waals surface area contributed by atoms with Gasteiger partial charge in [-0.2, -0.15) is 0 Å². The molecule has 5 heteroatoms. The first-order valence-electron chi connectivity index (χ1n) is 6.08. The predicted molar refractivity (Wildman–Crippen MR) is 65.0 cm³/mol. The second-order valence-corrected chi connectivity index (χ2v) is 4.70. The van der Waals surface area contributed by atoms with E-state index in [4.69, 9.17) is 4.74 Å². The zero-order chi connectivity index (χ0) is 13.1. The van der Waals surface area contributed by atoms with E-state index in [0.29, 0.717) is 19.2 Å². The summed E-state index contributed by atoms with van der Waals surface area (Å²) in [6, 6.07) is 1.57. The topological polar surface area (TPSA) is 42.4 Å². The second-order valence-electron chi connectivity index (χ2n) is 4.70. The van der Waals surface area contributed by atoms with E-state index in [1.807, 2.05) is 0 Å². The Morgan fingerprint density at radius 3 is 3.00 bits per heavy atom. The Morgan fingerprint density at radius 1 is 1.56 bits per heavy atom. The number of carbonyl (C=O) groups excluding carboxylic acids is 1. The summed E-state index contributed by atoms with van der Waals surface area (Å²) in [6.07, 6.45) is 1.94. The summed E-state index contributed by atoms with van der Waals surface area (Å²) in [5.74, 6) is -0.704. The van der Waals surface area contributed by atoms with Crippen molar-refractivity contribution in [3.63, 3.8) is 0 Å². The van der Waals surface area contributed by atoms with Gasteiger partial charge >= 0.3 is 0 Å². The van der Waals surface area contributed by atoms with Crippen molar-refractivity contribution in [2.45, 2.75) is 26.0 Å². The van der Waals surface area contributed by atoms with E-state index in [2.05, 4.69) is 23.7 Å². The number of halogens is 1. The number of ketones is 1. The van der Waals surface area contributed by atoms with E-state index in [9.17, 15) is 9.18 Å². The maximum atomic E-state index is 13.0. The fourth-order valence-corrected chi connectivity index (χ4v) is 2.03. The normalized spacial score (nSPS) is 21.2. The zero-order valence-corrected chi connectivity index (χ0v) is 10.6. The maximum Gasteiger partial charge on any atom is 0.194 e. The van der Waals surface area contributed by atoms with Crippen molar-refractivity contribution in [2.75, 3.05) is 19.7 Å². The Balaban J connectivity index is 2.09. The van der Waals surface area contributed by atoms with Gasteiger partial charge in [0.25, 0.3) is 0 Å². The van der Waals surface area contributed by atoms with Gasteiger partial charge in [-0.05, 0) is 19.9 Å². The highest BCUT2D eigenvalue weighted by Crippen LogP contribution is 2.14. The molecule has 4 nitrogen and oxygen atoms in total. The molecule has 1 aromatic heterocycles. The minimum Gasteiger partial charge on any atom is -0.367 e. The Labute approximate surface area is 106 Å². The summed E-state index contributed by atoms with van der Waals surface area (Å²) >= 11 is 0. The molecular weight excluding hydrogens is 235 g/mol. The average molecular weight is 252 g/mol. The van der Waals surface area contributed by atoms with Crippen LogP contribution in [0.4, 0.5) is 4.39 Å². The summed E-state index contributed by atoms with van der Waals surface area (Å²) in [5.41, 5.74) is 0.269. The summed E-state index contributed by atoms with van der Waals surface area (Å²) in [4.78, 5) is 18.0. The molecule has 98 valence electrons. The maximum absolute atomic E-state index is 13.0. The molecule has 1 aromatic rings. The molecule has 0 saturated carbocycles. The minimum atomic E-state index is -0.523. The van der Waals surface area contributed by atoms with E-state index >= 15 is 0 Å². The van der Waals surface area contributed by atoms with Crippen LogP contribution in [0.1, 0.15) is 24.2 Å². The van der Waals surface area contributed by atoms with E-state index in [-0.39, 0.29) is 11.3 Å². The summed E-state index contributed by atoms with van der Waals surface area (Å²) in [5, 5.41) is 0. The molecule has 0 aromatic carbocycles. The first-order chi connectivity index (χ1) is 8.58. The molecule has 0 aliphatic carbocycles. The number of Topliss-reactive ketones (excluding diaryl/α,β-unsaturated/α-hetero) is 1. The number of pyridine rings is 1. The van der Waals surface area contributed by atoms with Crippen LogP contribution in [0.25, 0.3) is 0 Å². The summed E-state index contributed by atoms with van der Waals surface area (Å²) in [6.45, 7) is 6.06. The van der Waals surface area contributed by atoms with E-state index in [1.165, 1.54) is 12.3 Å². The van der Waals surface area contributed by atoms with Gasteiger partial charge in [0.15, 0.2) is 5.78 Å². The largest absolute Gasteiger partial charge is 0.367 e. The monoisotopic (exact) mass is 252 g/mol. The molecule has 0 bridgehead atoms. The smallest absolute Gasteiger partial charge is 0.194 e. The molecule has 1 unspecified atom stereocenters. The van der Waals surface area contributed by atoms with Crippen molar-refractivity contribution in [1.82, 2.24) is 9.88 Å². The van der Waals surface area contributed by atoms with Gasteiger partial charge in [-0.1, -0.05) is 0 Å². The highest BCUT2D eigenvalue weighted by atomic mass is 19.1. The van der Waals surface area contributed by atoms with Crippen LogP contribution < -0.4 is 0 Å². The van der Waals surface area contributed by atoms with Gasteiger partial charge in [0.1, 0.15) is 11.9 Å². The molecule has 1 saturated heterocycles. The minimum absolute atomic E-state index is 0.202. The molecule has 0 amide bonds. The number of hydrogen-bond donors (Lipinski definition) is 0. The lowest BCUT2D eigenvalue weighted by Gasteiger charge is -2.34. The molecule has 2 heterocycles. The molecule has 0 spiro atoms. The number of aromatic nitrogens is 1. The Morgan fingerprint density at radius 2 is 2.33 bits per heavy atom. The molecule has 0 N–H and O–H groups in total. The van der Waals surface area contributed by atoms with Crippen LogP contribution in [0.2, 0.25) is 0 Å². The van der Waals surface area contributed by atoms with E-state index in [0.717, 1.165) is 12.7 Å². The highest BCUT2D eigenvalue weighted by molar-refractivity contribution is 5.99. The van der Waals surface area contributed by atoms with Crippen LogP contribution in [-0.4, -0.2) is 47.5 Å². The van der Waals surface area contributed by atoms with Gasteiger partial charge in [-0.3, -0.25) is 14.7 Å². The van der Waals surface area contributed by atoms with Crippen molar-refractivity contribution in [3.05, 3.63) is 29.8 Å². The summed E-state index contributed by atoms with van der Waals surface area (Å²) in [7, 11) is 0. The Kier molecular flexibility index (Phi) is 4.04. The third kappa shape index (κ3) is 2.91. The number of nitrogens with zero attached hydrogens (tertiary/aromatic N) is 2. The average Bonchev–Trinajstić information content (AvgIpc) is 2.38. The lowest BCUT2D eigenvalue weighted by atomic mass is 10.1. The summed E-state index contributed by atoms with van der Waals surface area (Å²) < 4.78 is 18.5. The van der Waals surface area contributed by atoms with Crippen molar-refractivity contribution < 1.29 is 13.9 Å². The third-order valence-corrected chi connectivity index (χ3v) is 3.11. The number of rotatable bonds is 3. The molecule has 1 atom stereocenters. The van der Waals surface area contributed by atoms with Gasteiger partial charge in [0.05, 0.1) is 12.8 Å². The van der Waals surface area contributed by atoms with Crippen LogP contribution in [0.5, 0.6) is 0 Å². The van der Waals surface area contributed by atoms with Gasteiger partial charge in [0.2, 0.25) is 0 Å². The number of ether oxygens (including phenoxy) is 1. The van der Waals surface area contributed by atoms with Crippen LogP contribution in [-0.2, 0) is 4.74 Å². The molecular formula is C13H17FN2O2. The van der Waals surface area contributed by atoms with Crippen LogP contribution in [0, 0.1) is 5.82 Å². The van der Waals surface area contributed by atoms with E-state index < -0.39 is 11.9 Å². The fourth-order valence-electron chi connectivity index (χ4n) is 2.03. The van der Waals surface area contributed by atoms with Crippen molar-refractivity contribution in [2.24, 2.45) is 0 Å². The lowest BCUT2D eigenvalue weighted by Crippen LogP contribution is -2.48. The van der Waals surface area contributed by atoms with Gasteiger partial charge in [-0.15, -0.1) is 0 Å². The predicted octanol–water partition coefficient (Wildman–Crippen LogP) is 1.51. The standard InChI is InChI=1S/C13H17FN2O2/c1-9(2)16-3-4-18-12(8-16)13(17)10-5-11(14)7-15-6-10/h5-7,9,12H,3-4,8H2,1-2H3. The molecule has 2 rings (SSSR count). The van der Waals surface area contributed by atoms with Gasteiger partial charge < -0.3 is 4.74 Å². The number of hydrogen-bond acceptors (Lipinski definition) is 4. The Bertz CT molecular complexity index is 437. The van der Waals surface area contributed by atoms with Crippen molar-refractivity contribution >= 4 is 5.78 Å². The zero-order valence-electron chi connectivity index (χ0n) is 10.6. The first-order valence-corrected chi connectivity index (χ1v) is 6.08. The van der Waals surface area contributed by atoms with Crippen LogP contribution in [0.15, 0.2) is 18.5 Å². The molecule has 1 aliphatic rings. The lowest BCUT2D eigenvalue weighted by molar-refractivity contribution is -0.0256. The molecule has 18 heavy (non-hydrogen) atoms. The molecule has 0 radical (unpaired) electrons. The molecule has 1 aliphatic heterocycles. The SMILES string of the molecule is CC(C)N1CCOC(C(=O)c2cncc(F)c2)C1. The van der Waals surface area contributed by atoms with Gasteiger partial charge in [-0.25, -0.2) is 4.39 Å². The van der Waals surface area contributed by atoms with Crippen LogP contribution in [0.3, 0.4) is 0 Å². The number of carbonyl (C=O) groups is 1. The van der Waals surface area contributed by atoms with E-state index in [1.54, 1.807) is 0 Å². The quantitative estimate of drug-likeness (QED) is 0.765. The van der Waals surface area contributed by atoms with Crippen molar-refractivity contribution in [1.29, 1.82) is 0 Å². The van der Waals surface area contributed by atoms with Gasteiger partial charge in [0, 0.05) is 30.9 Å². The number of morpholine rings is 1. The third-order valence-electron chi connectivity index (χ3n) is 3.11. The Hall–Kier alpha value is -1.33. The van der Waals surface area contributed by atoms with Crippen molar-refractivity contribution in [3.8, 4) is 0 Å². The fraction of sp³-hybridized carbons (Fsp3) is 0.538.